The Kier molecular flexibility index (Phi) is 3.60. The van der Waals surface area contributed by atoms with Crippen molar-refractivity contribution >= 4 is 6.21 Å². The summed E-state index contributed by atoms with van der Waals surface area (Å²) >= 11 is 0. The molecule has 0 radical (unpaired) electrons. The third-order valence-electron chi connectivity index (χ3n) is 1.93. The highest BCUT2D eigenvalue weighted by Crippen LogP contribution is 1.99. The van der Waals surface area contributed by atoms with Crippen molar-refractivity contribution in [3.63, 3.8) is 0 Å². The van der Waals surface area contributed by atoms with E-state index in [0.29, 0.717) is 6.61 Å². The Labute approximate surface area is 93.8 Å². The molecule has 0 fully saturated rings. The van der Waals surface area contributed by atoms with E-state index < -0.39 is 0 Å². The lowest BCUT2D eigenvalue weighted by Gasteiger charge is -2.10. The molecule has 1 N–H and O–H groups in total. The number of oxime groups is 1. The minimum atomic E-state index is 0.355. The Morgan fingerprint density at radius 2 is 2.19 bits per heavy atom. The molecule has 0 unspecified atom stereocenters. The van der Waals surface area contributed by atoms with Gasteiger partial charge in [-0.2, -0.15) is 0 Å². The van der Waals surface area contributed by atoms with Gasteiger partial charge in [0.2, 0.25) is 0 Å². The standard InChI is InChI=1S/C12H12N2O2/c1-2-5-11(6-3-1)9-13-16-10-12-7-4-8-15-14-12/h1-9,14H,10H2/b13-9+. The van der Waals surface area contributed by atoms with Gasteiger partial charge in [-0.15, -0.1) is 0 Å². The van der Waals surface area contributed by atoms with Crippen LogP contribution in [0.1, 0.15) is 5.56 Å². The van der Waals surface area contributed by atoms with Gasteiger partial charge >= 0.3 is 0 Å². The molecule has 1 aliphatic heterocycles. The lowest BCUT2D eigenvalue weighted by atomic mass is 10.2. The quantitative estimate of drug-likeness (QED) is 0.618. The third-order valence-corrected chi connectivity index (χ3v) is 1.93. The second-order valence-electron chi connectivity index (χ2n) is 3.16. The zero-order valence-electron chi connectivity index (χ0n) is 8.67. The zero-order valence-corrected chi connectivity index (χ0v) is 8.67. The summed E-state index contributed by atoms with van der Waals surface area (Å²) in [7, 11) is 0. The van der Waals surface area contributed by atoms with Crippen LogP contribution in [0.2, 0.25) is 0 Å². The first-order valence-corrected chi connectivity index (χ1v) is 4.93. The van der Waals surface area contributed by atoms with E-state index in [9.17, 15) is 0 Å². The van der Waals surface area contributed by atoms with E-state index in [1.807, 2.05) is 36.4 Å². The predicted octanol–water partition coefficient (Wildman–Crippen LogP) is 1.97. The zero-order chi connectivity index (χ0) is 11.1. The first-order valence-electron chi connectivity index (χ1n) is 4.93. The Hall–Kier alpha value is -2.23. The lowest BCUT2D eigenvalue weighted by molar-refractivity contribution is 0.111. The number of rotatable bonds is 4. The second-order valence-corrected chi connectivity index (χ2v) is 3.16. The molecular formula is C12H12N2O2. The molecule has 4 heteroatoms. The van der Waals surface area contributed by atoms with Crippen LogP contribution in [0.4, 0.5) is 0 Å². The minimum absolute atomic E-state index is 0.355. The SMILES string of the molecule is C1=CONC(CO/N=C/c2ccccc2)=C1. The second kappa shape index (κ2) is 5.60. The van der Waals surface area contributed by atoms with Crippen molar-refractivity contribution in [2.24, 2.45) is 5.16 Å². The van der Waals surface area contributed by atoms with Crippen LogP contribution in [0.5, 0.6) is 0 Å². The van der Waals surface area contributed by atoms with Crippen molar-refractivity contribution in [3.8, 4) is 0 Å². The van der Waals surface area contributed by atoms with Gasteiger partial charge in [-0.3, -0.25) is 0 Å². The summed E-state index contributed by atoms with van der Waals surface area (Å²) in [6.45, 7) is 0.355. The van der Waals surface area contributed by atoms with Gasteiger partial charge < -0.3 is 9.68 Å². The van der Waals surface area contributed by atoms with Crippen LogP contribution >= 0.6 is 0 Å². The summed E-state index contributed by atoms with van der Waals surface area (Å²) in [4.78, 5) is 9.97. The largest absolute Gasteiger partial charge is 0.390 e. The molecule has 2 rings (SSSR count). The third kappa shape index (κ3) is 3.16. The molecule has 1 aromatic rings. The minimum Gasteiger partial charge on any atom is -0.390 e. The number of hydrogen-bond donors (Lipinski definition) is 1. The number of hydroxylamine groups is 1. The molecule has 1 heterocycles. The fourth-order valence-corrected chi connectivity index (χ4v) is 1.16. The average Bonchev–Trinajstić information content (AvgIpc) is 2.37. The van der Waals surface area contributed by atoms with Crippen LogP contribution < -0.4 is 5.48 Å². The first-order chi connectivity index (χ1) is 7.95. The van der Waals surface area contributed by atoms with Crippen LogP contribution in [0, 0.1) is 0 Å². The molecule has 0 amide bonds. The van der Waals surface area contributed by atoms with Gasteiger partial charge in [0.05, 0.1) is 11.9 Å². The first kappa shape index (κ1) is 10.3. The van der Waals surface area contributed by atoms with Crippen molar-refractivity contribution in [1.29, 1.82) is 0 Å². The maximum absolute atomic E-state index is 5.10. The molecule has 0 aliphatic carbocycles. The van der Waals surface area contributed by atoms with E-state index in [1.165, 1.54) is 0 Å². The van der Waals surface area contributed by atoms with Gasteiger partial charge in [0.1, 0.15) is 6.26 Å². The molecule has 0 spiro atoms. The Bertz CT molecular complexity index is 410. The summed E-state index contributed by atoms with van der Waals surface area (Å²) in [5, 5.41) is 3.85. The molecule has 0 atom stereocenters. The lowest BCUT2D eigenvalue weighted by Crippen LogP contribution is -2.16. The fourth-order valence-electron chi connectivity index (χ4n) is 1.16. The van der Waals surface area contributed by atoms with Crippen LogP contribution in [-0.4, -0.2) is 12.8 Å². The van der Waals surface area contributed by atoms with Gasteiger partial charge in [-0.25, -0.2) is 5.48 Å². The molecule has 82 valence electrons. The van der Waals surface area contributed by atoms with E-state index in [2.05, 4.69) is 10.6 Å². The van der Waals surface area contributed by atoms with Crippen molar-refractivity contribution in [1.82, 2.24) is 5.48 Å². The summed E-state index contributed by atoms with van der Waals surface area (Å²) in [5.74, 6) is 0. The van der Waals surface area contributed by atoms with Gasteiger partial charge in [0.25, 0.3) is 0 Å². The van der Waals surface area contributed by atoms with Crippen molar-refractivity contribution in [2.75, 3.05) is 6.61 Å². The maximum Gasteiger partial charge on any atom is 0.159 e. The highest BCUT2D eigenvalue weighted by molar-refractivity contribution is 5.78. The van der Waals surface area contributed by atoms with Crippen LogP contribution in [0.25, 0.3) is 0 Å². The monoisotopic (exact) mass is 216 g/mol. The molecule has 0 aromatic heterocycles. The Morgan fingerprint density at radius 1 is 1.31 bits per heavy atom. The van der Waals surface area contributed by atoms with E-state index in [4.69, 9.17) is 9.68 Å². The summed E-state index contributed by atoms with van der Waals surface area (Å²) in [5.41, 5.74) is 4.52. The Morgan fingerprint density at radius 3 is 2.94 bits per heavy atom. The molecule has 1 aromatic carbocycles. The highest BCUT2D eigenvalue weighted by atomic mass is 16.7. The topological polar surface area (TPSA) is 42.8 Å². The number of hydrogen-bond acceptors (Lipinski definition) is 4. The molecule has 0 bridgehead atoms. The van der Waals surface area contributed by atoms with E-state index >= 15 is 0 Å². The number of allylic oxidation sites excluding steroid dienone is 2. The summed E-state index contributed by atoms with van der Waals surface area (Å²) in [6, 6.07) is 9.77. The fraction of sp³-hybridized carbons (Fsp3) is 0.0833. The van der Waals surface area contributed by atoms with Gasteiger partial charge in [-0.1, -0.05) is 35.5 Å². The predicted molar refractivity (Wildman–Crippen MR) is 61.4 cm³/mol. The van der Waals surface area contributed by atoms with Crippen molar-refractivity contribution in [3.05, 3.63) is 60.0 Å². The van der Waals surface area contributed by atoms with Crippen molar-refractivity contribution < 1.29 is 9.68 Å². The van der Waals surface area contributed by atoms with E-state index in [1.54, 1.807) is 18.6 Å². The van der Waals surface area contributed by atoms with Crippen LogP contribution in [0.3, 0.4) is 0 Å². The van der Waals surface area contributed by atoms with Crippen LogP contribution in [0.15, 0.2) is 59.6 Å². The van der Waals surface area contributed by atoms with Gasteiger partial charge in [0, 0.05) is 0 Å². The smallest absolute Gasteiger partial charge is 0.159 e. The van der Waals surface area contributed by atoms with Gasteiger partial charge in [-0.05, 0) is 17.7 Å². The molecule has 16 heavy (non-hydrogen) atoms. The number of nitrogens with zero attached hydrogens (tertiary/aromatic N) is 1. The maximum atomic E-state index is 5.10. The Balaban J connectivity index is 1.78. The molecule has 0 saturated heterocycles. The van der Waals surface area contributed by atoms with Crippen LogP contribution in [-0.2, 0) is 9.68 Å². The molecule has 4 nitrogen and oxygen atoms in total. The van der Waals surface area contributed by atoms with E-state index in [0.717, 1.165) is 11.3 Å². The number of nitrogens with one attached hydrogen (secondary N) is 1. The van der Waals surface area contributed by atoms with Gasteiger partial charge in [0.15, 0.2) is 6.61 Å². The molecule has 1 aliphatic rings. The molecular weight excluding hydrogens is 204 g/mol. The normalized spacial score (nSPS) is 14.1. The average molecular weight is 216 g/mol. The summed E-state index contributed by atoms with van der Waals surface area (Å²) < 4.78 is 0. The number of benzene rings is 1. The molecule has 0 saturated carbocycles. The highest BCUT2D eigenvalue weighted by Gasteiger charge is 1.98. The van der Waals surface area contributed by atoms with E-state index in [-0.39, 0.29) is 0 Å². The summed E-state index contributed by atoms with van der Waals surface area (Å²) in [6.07, 6.45) is 6.87. The van der Waals surface area contributed by atoms with Crippen molar-refractivity contribution in [2.45, 2.75) is 0 Å².